The van der Waals surface area contributed by atoms with Crippen molar-refractivity contribution in [3.05, 3.63) is 72.8 Å². The minimum absolute atomic E-state index is 0.146. The molecule has 1 fully saturated rings. The summed E-state index contributed by atoms with van der Waals surface area (Å²) in [6, 6.07) is 21.9. The molecule has 1 aliphatic carbocycles. The van der Waals surface area contributed by atoms with Crippen LogP contribution in [0.1, 0.15) is 20.3 Å². The van der Waals surface area contributed by atoms with Crippen molar-refractivity contribution in [3.63, 3.8) is 0 Å². The third-order valence-corrected chi connectivity index (χ3v) is 10.6. The zero-order valence-electron chi connectivity index (χ0n) is 13.2. The maximum Gasteiger partial charge on any atom is 0.262 e. The normalized spacial score (nSPS) is 27.7. The second-order valence-corrected chi connectivity index (χ2v) is 11.0. The van der Waals surface area contributed by atoms with Gasteiger partial charge in [0.2, 0.25) is 0 Å². The Morgan fingerprint density at radius 3 is 1.95 bits per heavy atom. The van der Waals surface area contributed by atoms with E-state index < -0.39 is 8.32 Å². The van der Waals surface area contributed by atoms with Crippen LogP contribution in [0.4, 0.5) is 0 Å². The van der Waals surface area contributed by atoms with Gasteiger partial charge < -0.3 is 4.43 Å². The summed E-state index contributed by atoms with van der Waals surface area (Å²) in [7, 11) is -2.26. The molecule has 0 aromatic heterocycles. The lowest BCUT2D eigenvalue weighted by Crippen LogP contribution is -2.64. The van der Waals surface area contributed by atoms with Crippen LogP contribution in [0.15, 0.2) is 72.8 Å². The Labute approximate surface area is 133 Å². The van der Waals surface area contributed by atoms with E-state index in [4.69, 9.17) is 4.43 Å². The highest BCUT2D eigenvalue weighted by atomic mass is 28.4. The molecule has 2 aromatic carbocycles. The Kier molecular flexibility index (Phi) is 3.14. The molecular formula is C20H22OSi. The van der Waals surface area contributed by atoms with Crippen LogP contribution in [0.2, 0.25) is 5.04 Å². The first-order chi connectivity index (χ1) is 10.7. The van der Waals surface area contributed by atoms with Gasteiger partial charge in [0.1, 0.15) is 0 Å². The minimum atomic E-state index is -2.26. The molecule has 0 spiro atoms. The summed E-state index contributed by atoms with van der Waals surface area (Å²) in [6.45, 7) is 4.83. The number of rotatable bonds is 2. The third kappa shape index (κ3) is 1.74. The quantitative estimate of drug-likeness (QED) is 0.609. The molecule has 22 heavy (non-hydrogen) atoms. The van der Waals surface area contributed by atoms with E-state index in [9.17, 15) is 0 Å². The van der Waals surface area contributed by atoms with E-state index in [2.05, 4.69) is 86.7 Å². The summed E-state index contributed by atoms with van der Waals surface area (Å²) >= 11 is 0. The fraction of sp³-hybridized carbons (Fsp3) is 0.300. The van der Waals surface area contributed by atoms with Gasteiger partial charge in [0.15, 0.2) is 0 Å². The number of benzene rings is 2. The van der Waals surface area contributed by atoms with Crippen molar-refractivity contribution in [3.8, 4) is 0 Å². The summed E-state index contributed by atoms with van der Waals surface area (Å²) in [5, 5.41) is 2.94. The second kappa shape index (κ2) is 4.93. The van der Waals surface area contributed by atoms with E-state index in [0.717, 1.165) is 6.42 Å². The molecule has 0 amide bonds. The SMILES string of the molecule is CC1(C)C2C=CCC2O[Si]1(c1ccccc1)c1ccccc1. The first kappa shape index (κ1) is 14.0. The molecule has 1 aliphatic heterocycles. The summed E-state index contributed by atoms with van der Waals surface area (Å²) in [6.07, 6.45) is 6.10. The average Bonchev–Trinajstić information content (AvgIpc) is 3.10. The zero-order chi connectivity index (χ0) is 15.2. The van der Waals surface area contributed by atoms with Gasteiger partial charge >= 0.3 is 0 Å². The molecule has 2 aromatic rings. The molecule has 2 aliphatic rings. The lowest BCUT2D eigenvalue weighted by Gasteiger charge is -2.40. The smallest absolute Gasteiger partial charge is 0.262 e. The van der Waals surface area contributed by atoms with E-state index in [1.165, 1.54) is 10.4 Å². The Bertz CT molecular complexity index is 651. The monoisotopic (exact) mass is 306 g/mol. The lowest BCUT2D eigenvalue weighted by atomic mass is 9.92. The van der Waals surface area contributed by atoms with Crippen LogP contribution >= 0.6 is 0 Å². The van der Waals surface area contributed by atoms with Gasteiger partial charge in [-0.3, -0.25) is 0 Å². The predicted molar refractivity (Wildman–Crippen MR) is 94.1 cm³/mol. The van der Waals surface area contributed by atoms with E-state index in [-0.39, 0.29) is 5.04 Å². The Balaban J connectivity index is 1.97. The molecule has 4 rings (SSSR count). The van der Waals surface area contributed by atoms with Gasteiger partial charge in [0.05, 0.1) is 6.10 Å². The molecule has 0 radical (unpaired) electrons. The highest BCUT2D eigenvalue weighted by Gasteiger charge is 2.64. The van der Waals surface area contributed by atoms with E-state index in [1.807, 2.05) is 0 Å². The molecule has 2 atom stereocenters. The van der Waals surface area contributed by atoms with Gasteiger partial charge in [-0.2, -0.15) is 0 Å². The first-order valence-electron chi connectivity index (χ1n) is 8.12. The molecule has 1 nitrogen and oxygen atoms in total. The molecule has 2 unspecified atom stereocenters. The summed E-state index contributed by atoms with van der Waals surface area (Å²) in [4.78, 5) is 0. The topological polar surface area (TPSA) is 9.23 Å². The van der Waals surface area contributed by atoms with Crippen LogP contribution < -0.4 is 10.4 Å². The van der Waals surface area contributed by atoms with Crippen molar-refractivity contribution in [1.82, 2.24) is 0 Å². The summed E-state index contributed by atoms with van der Waals surface area (Å²) in [5.74, 6) is 0.527. The van der Waals surface area contributed by atoms with Crippen molar-refractivity contribution in [2.24, 2.45) is 5.92 Å². The Morgan fingerprint density at radius 1 is 0.909 bits per heavy atom. The van der Waals surface area contributed by atoms with E-state index in [0.29, 0.717) is 12.0 Å². The van der Waals surface area contributed by atoms with Crippen LogP contribution in [-0.2, 0) is 4.43 Å². The average molecular weight is 306 g/mol. The highest BCUT2D eigenvalue weighted by Crippen LogP contribution is 2.56. The molecule has 1 heterocycles. The predicted octanol–water partition coefficient (Wildman–Crippen LogP) is 3.50. The summed E-state index contributed by atoms with van der Waals surface area (Å²) in [5.41, 5.74) is 0. The van der Waals surface area contributed by atoms with Crippen molar-refractivity contribution in [1.29, 1.82) is 0 Å². The highest BCUT2D eigenvalue weighted by molar-refractivity contribution is 7.00. The maximum absolute atomic E-state index is 6.94. The lowest BCUT2D eigenvalue weighted by molar-refractivity contribution is 0.208. The largest absolute Gasteiger partial charge is 0.404 e. The zero-order valence-corrected chi connectivity index (χ0v) is 14.2. The maximum atomic E-state index is 6.94. The molecule has 0 bridgehead atoms. The Morgan fingerprint density at radius 2 is 1.45 bits per heavy atom. The molecule has 1 saturated heterocycles. The molecule has 112 valence electrons. The van der Waals surface area contributed by atoms with Crippen LogP contribution in [0, 0.1) is 5.92 Å². The van der Waals surface area contributed by atoms with Gasteiger partial charge in [-0.05, 0) is 16.8 Å². The van der Waals surface area contributed by atoms with E-state index in [1.54, 1.807) is 0 Å². The Hall–Kier alpha value is -1.64. The number of fused-ring (bicyclic) bond motifs is 1. The number of hydrogen-bond donors (Lipinski definition) is 0. The van der Waals surface area contributed by atoms with Crippen LogP contribution in [0.3, 0.4) is 0 Å². The van der Waals surface area contributed by atoms with Crippen LogP contribution in [0.5, 0.6) is 0 Å². The third-order valence-electron chi connectivity index (χ3n) is 5.54. The molecular weight excluding hydrogens is 284 g/mol. The first-order valence-corrected chi connectivity index (χ1v) is 10.0. The van der Waals surface area contributed by atoms with Crippen molar-refractivity contribution < 1.29 is 4.43 Å². The van der Waals surface area contributed by atoms with Gasteiger partial charge in [0, 0.05) is 11.0 Å². The van der Waals surface area contributed by atoms with Crippen LogP contribution in [0.25, 0.3) is 0 Å². The van der Waals surface area contributed by atoms with Gasteiger partial charge in [-0.25, -0.2) is 0 Å². The van der Waals surface area contributed by atoms with Crippen molar-refractivity contribution in [2.75, 3.05) is 0 Å². The fourth-order valence-electron chi connectivity index (χ4n) is 4.46. The fourth-order valence-corrected chi connectivity index (χ4v) is 9.63. The second-order valence-electron chi connectivity index (χ2n) is 6.98. The van der Waals surface area contributed by atoms with Gasteiger partial charge in [-0.15, -0.1) is 0 Å². The van der Waals surface area contributed by atoms with Crippen molar-refractivity contribution in [2.45, 2.75) is 31.4 Å². The molecule has 0 N–H and O–H groups in total. The minimum Gasteiger partial charge on any atom is -0.404 e. The molecule has 2 heteroatoms. The van der Waals surface area contributed by atoms with E-state index >= 15 is 0 Å². The van der Waals surface area contributed by atoms with Crippen molar-refractivity contribution >= 4 is 18.7 Å². The number of hydrogen-bond acceptors (Lipinski definition) is 1. The molecule has 0 saturated carbocycles. The standard InChI is InChI=1S/C20H22OSi/c1-20(2)18-14-9-15-19(18)21-22(20,16-10-5-3-6-11-16)17-12-7-4-8-13-17/h3-14,18-19H,15H2,1-2H3. The summed E-state index contributed by atoms with van der Waals surface area (Å²) < 4.78 is 6.94. The van der Waals surface area contributed by atoms with Crippen LogP contribution in [-0.4, -0.2) is 14.4 Å². The van der Waals surface area contributed by atoms with Gasteiger partial charge in [-0.1, -0.05) is 86.7 Å². The van der Waals surface area contributed by atoms with Gasteiger partial charge in [0.25, 0.3) is 8.32 Å².